The lowest BCUT2D eigenvalue weighted by Crippen LogP contribution is -2.08. The number of carbonyl (C=O) groups excluding carboxylic acids is 1. The predicted molar refractivity (Wildman–Crippen MR) is 71.4 cm³/mol. The van der Waals surface area contributed by atoms with Gasteiger partial charge in [0.05, 0.1) is 5.56 Å². The van der Waals surface area contributed by atoms with Crippen LogP contribution in [-0.4, -0.2) is 5.97 Å². The minimum Gasteiger partial charge on any atom is -0.457 e. The molecule has 0 bridgehead atoms. The Morgan fingerprint density at radius 1 is 1.17 bits per heavy atom. The smallest absolute Gasteiger partial charge is 0.340 e. The number of rotatable bonds is 3. The van der Waals surface area contributed by atoms with Crippen LogP contribution in [0.2, 0.25) is 5.02 Å². The van der Waals surface area contributed by atoms with E-state index < -0.39 is 5.97 Å². The molecule has 3 nitrogen and oxygen atoms in total. The first-order valence-electron chi connectivity index (χ1n) is 5.43. The summed E-state index contributed by atoms with van der Waals surface area (Å²) in [5, 5.41) is 0.614. The summed E-state index contributed by atoms with van der Waals surface area (Å²) in [6, 6.07) is 14.0. The van der Waals surface area contributed by atoms with Crippen LogP contribution in [0.1, 0.15) is 15.9 Å². The first-order chi connectivity index (χ1) is 8.66. The monoisotopic (exact) mass is 261 g/mol. The normalized spacial score (nSPS) is 10.1. The summed E-state index contributed by atoms with van der Waals surface area (Å²) in [7, 11) is 0. The molecule has 0 amide bonds. The fourth-order valence-electron chi connectivity index (χ4n) is 1.54. The van der Waals surface area contributed by atoms with Crippen LogP contribution >= 0.6 is 11.6 Å². The van der Waals surface area contributed by atoms with E-state index in [2.05, 4.69) is 0 Å². The molecule has 2 N–H and O–H groups in total. The maximum atomic E-state index is 11.8. The van der Waals surface area contributed by atoms with E-state index in [1.807, 2.05) is 12.1 Å². The van der Waals surface area contributed by atoms with Gasteiger partial charge in [-0.05, 0) is 29.8 Å². The summed E-state index contributed by atoms with van der Waals surface area (Å²) in [6.45, 7) is 0.174. The highest BCUT2D eigenvalue weighted by Crippen LogP contribution is 2.15. The molecule has 92 valence electrons. The molecule has 0 atom stereocenters. The van der Waals surface area contributed by atoms with Gasteiger partial charge in [0.25, 0.3) is 0 Å². The number of anilines is 1. The Bertz CT molecular complexity index is 569. The standard InChI is InChI=1S/C14H12ClNO2/c15-11-5-3-4-10(8-11)9-18-14(17)12-6-1-2-7-13(12)16/h1-8H,9,16H2. The molecule has 0 unspecified atom stereocenters. The molecule has 2 aromatic rings. The molecule has 0 heterocycles. The van der Waals surface area contributed by atoms with Crippen LogP contribution in [0.3, 0.4) is 0 Å². The summed E-state index contributed by atoms with van der Waals surface area (Å²) in [4.78, 5) is 11.8. The third-order valence-electron chi connectivity index (χ3n) is 2.44. The summed E-state index contributed by atoms with van der Waals surface area (Å²) in [6.07, 6.45) is 0. The second kappa shape index (κ2) is 5.56. The summed E-state index contributed by atoms with van der Waals surface area (Å²) in [5.74, 6) is -0.437. The van der Waals surface area contributed by atoms with Gasteiger partial charge in [0.1, 0.15) is 6.61 Å². The Morgan fingerprint density at radius 2 is 1.94 bits per heavy atom. The number of carbonyl (C=O) groups is 1. The number of halogens is 1. The predicted octanol–water partition coefficient (Wildman–Crippen LogP) is 3.28. The molecule has 0 radical (unpaired) electrons. The van der Waals surface area contributed by atoms with Crippen LogP contribution in [0.4, 0.5) is 5.69 Å². The number of ether oxygens (including phenoxy) is 1. The Kier molecular flexibility index (Phi) is 3.85. The summed E-state index contributed by atoms with van der Waals surface area (Å²) >= 11 is 5.84. The van der Waals surface area contributed by atoms with Crippen molar-refractivity contribution in [3.8, 4) is 0 Å². The molecule has 0 aliphatic heterocycles. The van der Waals surface area contributed by atoms with E-state index in [-0.39, 0.29) is 6.61 Å². The largest absolute Gasteiger partial charge is 0.457 e. The molecule has 0 aliphatic carbocycles. The first-order valence-corrected chi connectivity index (χ1v) is 5.80. The van der Waals surface area contributed by atoms with Gasteiger partial charge in [-0.3, -0.25) is 0 Å². The molecular weight excluding hydrogens is 250 g/mol. The Morgan fingerprint density at radius 3 is 2.67 bits per heavy atom. The second-order valence-electron chi connectivity index (χ2n) is 3.79. The average Bonchev–Trinajstić information content (AvgIpc) is 2.37. The number of hydrogen-bond donors (Lipinski definition) is 1. The van der Waals surface area contributed by atoms with E-state index in [0.29, 0.717) is 16.3 Å². The highest BCUT2D eigenvalue weighted by molar-refractivity contribution is 6.30. The van der Waals surface area contributed by atoms with Gasteiger partial charge in [-0.2, -0.15) is 0 Å². The number of para-hydroxylation sites is 1. The van der Waals surface area contributed by atoms with E-state index in [9.17, 15) is 4.79 Å². The van der Waals surface area contributed by atoms with Crippen molar-refractivity contribution in [2.75, 3.05) is 5.73 Å². The molecule has 0 saturated heterocycles. The second-order valence-corrected chi connectivity index (χ2v) is 4.23. The molecule has 18 heavy (non-hydrogen) atoms. The molecule has 2 rings (SSSR count). The van der Waals surface area contributed by atoms with E-state index in [1.165, 1.54) is 0 Å². The Balaban J connectivity index is 2.03. The molecular formula is C14H12ClNO2. The lowest BCUT2D eigenvalue weighted by Gasteiger charge is -2.07. The SMILES string of the molecule is Nc1ccccc1C(=O)OCc1cccc(Cl)c1. The van der Waals surface area contributed by atoms with Crippen molar-refractivity contribution in [2.24, 2.45) is 0 Å². The fourth-order valence-corrected chi connectivity index (χ4v) is 1.75. The minimum absolute atomic E-state index is 0.174. The number of hydrogen-bond acceptors (Lipinski definition) is 3. The average molecular weight is 262 g/mol. The number of benzene rings is 2. The molecule has 4 heteroatoms. The van der Waals surface area contributed by atoms with E-state index in [4.69, 9.17) is 22.1 Å². The van der Waals surface area contributed by atoms with E-state index in [0.717, 1.165) is 5.56 Å². The van der Waals surface area contributed by atoms with Crippen molar-refractivity contribution in [1.82, 2.24) is 0 Å². The van der Waals surface area contributed by atoms with Crippen LogP contribution < -0.4 is 5.73 Å². The van der Waals surface area contributed by atoms with Gasteiger partial charge in [-0.15, -0.1) is 0 Å². The van der Waals surface area contributed by atoms with E-state index >= 15 is 0 Å². The molecule has 0 fully saturated rings. The Hall–Kier alpha value is -2.00. The van der Waals surface area contributed by atoms with Crippen LogP contribution in [0.15, 0.2) is 48.5 Å². The third-order valence-corrected chi connectivity index (χ3v) is 2.67. The molecule has 0 saturated carbocycles. The highest BCUT2D eigenvalue weighted by Gasteiger charge is 2.10. The number of nitrogens with two attached hydrogens (primary N) is 1. The quantitative estimate of drug-likeness (QED) is 0.681. The lowest BCUT2D eigenvalue weighted by atomic mass is 10.2. The molecule has 0 aliphatic rings. The number of esters is 1. The topological polar surface area (TPSA) is 52.3 Å². The van der Waals surface area contributed by atoms with Crippen LogP contribution in [0, 0.1) is 0 Å². The van der Waals surface area contributed by atoms with Gasteiger partial charge in [-0.25, -0.2) is 4.79 Å². The highest BCUT2D eigenvalue weighted by atomic mass is 35.5. The van der Waals surface area contributed by atoms with Crippen molar-refractivity contribution >= 4 is 23.3 Å². The zero-order valence-electron chi connectivity index (χ0n) is 9.60. The maximum Gasteiger partial charge on any atom is 0.340 e. The third kappa shape index (κ3) is 3.02. The van der Waals surface area contributed by atoms with Crippen molar-refractivity contribution in [3.05, 3.63) is 64.7 Å². The van der Waals surface area contributed by atoms with Crippen LogP contribution in [-0.2, 0) is 11.3 Å². The van der Waals surface area contributed by atoms with Crippen LogP contribution in [0.25, 0.3) is 0 Å². The molecule has 0 aromatic heterocycles. The zero-order chi connectivity index (χ0) is 13.0. The first kappa shape index (κ1) is 12.5. The van der Waals surface area contributed by atoms with Gasteiger partial charge >= 0.3 is 5.97 Å². The van der Waals surface area contributed by atoms with Gasteiger partial charge in [-0.1, -0.05) is 35.9 Å². The van der Waals surface area contributed by atoms with Gasteiger partial charge in [0, 0.05) is 10.7 Å². The van der Waals surface area contributed by atoms with E-state index in [1.54, 1.807) is 36.4 Å². The van der Waals surface area contributed by atoms with Gasteiger partial charge < -0.3 is 10.5 Å². The summed E-state index contributed by atoms with van der Waals surface area (Å²) < 4.78 is 5.17. The minimum atomic E-state index is -0.437. The molecule has 0 spiro atoms. The Labute approximate surface area is 110 Å². The van der Waals surface area contributed by atoms with Gasteiger partial charge in [0.2, 0.25) is 0 Å². The van der Waals surface area contributed by atoms with Crippen molar-refractivity contribution in [3.63, 3.8) is 0 Å². The van der Waals surface area contributed by atoms with Crippen molar-refractivity contribution in [1.29, 1.82) is 0 Å². The fraction of sp³-hybridized carbons (Fsp3) is 0.0714. The van der Waals surface area contributed by atoms with Crippen LogP contribution in [0.5, 0.6) is 0 Å². The number of nitrogen functional groups attached to an aromatic ring is 1. The van der Waals surface area contributed by atoms with Gasteiger partial charge in [0.15, 0.2) is 0 Å². The van der Waals surface area contributed by atoms with Crippen molar-refractivity contribution in [2.45, 2.75) is 6.61 Å². The summed E-state index contributed by atoms with van der Waals surface area (Å²) in [5.41, 5.74) is 7.32. The zero-order valence-corrected chi connectivity index (χ0v) is 10.4. The van der Waals surface area contributed by atoms with Crippen molar-refractivity contribution < 1.29 is 9.53 Å². The lowest BCUT2D eigenvalue weighted by molar-refractivity contribution is 0.0474. The molecule has 2 aromatic carbocycles. The maximum absolute atomic E-state index is 11.8.